The van der Waals surface area contributed by atoms with E-state index in [-0.39, 0.29) is 0 Å². The minimum absolute atomic E-state index is 0.802. The number of nitrogens with one attached hydrogen (secondary N) is 1. The van der Waals surface area contributed by atoms with Crippen LogP contribution in [0.2, 0.25) is 0 Å². The summed E-state index contributed by atoms with van der Waals surface area (Å²) < 4.78 is 4.95. The molecule has 0 aliphatic rings. The van der Waals surface area contributed by atoms with Gasteiger partial charge in [-0.3, -0.25) is 0 Å². The average molecular weight is 220 g/mol. The van der Waals surface area contributed by atoms with Crippen LogP contribution in [-0.2, 0) is 4.74 Å². The topological polar surface area (TPSA) is 24.5 Å². The zero-order chi connectivity index (χ0) is 10.6. The van der Waals surface area contributed by atoms with Crippen molar-refractivity contribution in [3.05, 3.63) is 0 Å². The summed E-state index contributed by atoms with van der Waals surface area (Å²) in [5.74, 6) is 1.27. The van der Waals surface area contributed by atoms with Gasteiger partial charge in [-0.1, -0.05) is 0 Å². The first-order chi connectivity index (χ1) is 6.81. The molecular weight excluding hydrogens is 196 g/mol. The van der Waals surface area contributed by atoms with Crippen molar-refractivity contribution in [3.8, 4) is 0 Å². The first kappa shape index (κ1) is 14.2. The highest BCUT2D eigenvalue weighted by atomic mass is 32.2. The normalized spacial score (nSPS) is 11.1. The molecule has 0 fully saturated rings. The number of rotatable bonds is 10. The van der Waals surface area contributed by atoms with E-state index < -0.39 is 0 Å². The van der Waals surface area contributed by atoms with Crippen LogP contribution in [0.3, 0.4) is 0 Å². The van der Waals surface area contributed by atoms with E-state index in [1.54, 1.807) is 7.11 Å². The quantitative estimate of drug-likeness (QED) is 0.553. The Kier molecular flexibility index (Phi) is 11.5. The van der Waals surface area contributed by atoms with Gasteiger partial charge >= 0.3 is 0 Å². The third kappa shape index (κ3) is 10.3. The van der Waals surface area contributed by atoms with Crippen molar-refractivity contribution in [1.82, 2.24) is 10.2 Å². The first-order valence-corrected chi connectivity index (χ1v) is 6.57. The number of likely N-dealkylation sites (N-methyl/N-ethyl adjacent to an activating group) is 1. The third-order valence-corrected chi connectivity index (χ3v) is 2.74. The molecule has 0 aromatic rings. The number of hydrogen-bond acceptors (Lipinski definition) is 4. The van der Waals surface area contributed by atoms with Crippen molar-refractivity contribution in [3.63, 3.8) is 0 Å². The highest BCUT2D eigenvalue weighted by Gasteiger charge is 1.96. The van der Waals surface area contributed by atoms with Gasteiger partial charge in [-0.25, -0.2) is 0 Å². The van der Waals surface area contributed by atoms with E-state index in [0.29, 0.717) is 0 Å². The summed E-state index contributed by atoms with van der Waals surface area (Å²) in [6, 6.07) is 0. The Labute approximate surface area is 92.6 Å². The van der Waals surface area contributed by atoms with Crippen LogP contribution in [0, 0.1) is 0 Å². The fourth-order valence-corrected chi connectivity index (χ4v) is 1.58. The van der Waals surface area contributed by atoms with Crippen LogP contribution in [0.5, 0.6) is 0 Å². The molecular formula is C10H24N2OS. The molecule has 0 aromatic heterocycles. The van der Waals surface area contributed by atoms with E-state index in [4.69, 9.17) is 4.74 Å². The second kappa shape index (κ2) is 11.3. The van der Waals surface area contributed by atoms with E-state index >= 15 is 0 Å². The van der Waals surface area contributed by atoms with Crippen molar-refractivity contribution in [2.45, 2.75) is 6.42 Å². The molecule has 0 aliphatic carbocycles. The van der Waals surface area contributed by atoms with E-state index in [9.17, 15) is 0 Å². The van der Waals surface area contributed by atoms with Crippen LogP contribution in [0.15, 0.2) is 0 Å². The van der Waals surface area contributed by atoms with Crippen LogP contribution >= 0.6 is 11.8 Å². The van der Waals surface area contributed by atoms with Crippen molar-refractivity contribution >= 4 is 11.8 Å². The first-order valence-electron chi connectivity index (χ1n) is 5.18. The molecule has 0 aromatic carbocycles. The monoisotopic (exact) mass is 220 g/mol. The molecule has 4 heteroatoms. The minimum atomic E-state index is 0.802. The molecule has 0 saturated heterocycles. The van der Waals surface area contributed by atoms with E-state index in [2.05, 4.69) is 23.5 Å². The summed E-state index contributed by atoms with van der Waals surface area (Å²) in [6.45, 7) is 5.13. The number of thioether (sulfide) groups is 1. The van der Waals surface area contributed by atoms with Crippen LogP contribution in [-0.4, -0.2) is 63.9 Å². The summed E-state index contributed by atoms with van der Waals surface area (Å²) >= 11 is 1.92. The molecule has 0 atom stereocenters. The molecule has 0 spiro atoms. The second-order valence-electron chi connectivity index (χ2n) is 3.39. The lowest BCUT2D eigenvalue weighted by atomic mass is 10.4. The molecule has 14 heavy (non-hydrogen) atoms. The van der Waals surface area contributed by atoms with E-state index in [1.807, 2.05) is 11.8 Å². The second-order valence-corrected chi connectivity index (χ2v) is 4.38. The Hall–Kier alpha value is 0.230. The fourth-order valence-electron chi connectivity index (χ4n) is 1.16. The Bertz CT molecular complexity index is 114. The lowest BCUT2D eigenvalue weighted by molar-refractivity contribution is 0.198. The summed E-state index contributed by atoms with van der Waals surface area (Å²) in [7, 11) is 3.91. The van der Waals surface area contributed by atoms with E-state index in [0.717, 1.165) is 26.2 Å². The maximum absolute atomic E-state index is 4.95. The molecule has 1 N–H and O–H groups in total. The molecule has 0 aliphatic heterocycles. The maximum Gasteiger partial charge on any atom is 0.0587 e. The standard InChI is InChI=1S/C10H24N2OS/c1-12(7-4-10-14-3)8-5-11-6-9-13-2/h11H,4-10H2,1-3H3. The number of hydrogen-bond donors (Lipinski definition) is 1. The largest absolute Gasteiger partial charge is 0.383 e. The van der Waals surface area contributed by atoms with Gasteiger partial charge in [-0.2, -0.15) is 11.8 Å². The zero-order valence-corrected chi connectivity index (χ0v) is 10.5. The highest BCUT2D eigenvalue weighted by Crippen LogP contribution is 1.96. The van der Waals surface area contributed by atoms with Crippen LogP contribution in [0.1, 0.15) is 6.42 Å². The molecule has 0 rings (SSSR count). The minimum Gasteiger partial charge on any atom is -0.383 e. The Balaban J connectivity index is 3.06. The molecule has 86 valence electrons. The zero-order valence-electron chi connectivity index (χ0n) is 9.71. The van der Waals surface area contributed by atoms with Crippen molar-refractivity contribution in [2.75, 3.05) is 59.0 Å². The van der Waals surface area contributed by atoms with Gasteiger partial charge in [0, 0.05) is 26.7 Å². The highest BCUT2D eigenvalue weighted by molar-refractivity contribution is 7.98. The van der Waals surface area contributed by atoms with Gasteiger partial charge in [-0.05, 0) is 32.0 Å². The Morgan fingerprint density at radius 2 is 2.07 bits per heavy atom. The van der Waals surface area contributed by atoms with Crippen molar-refractivity contribution in [1.29, 1.82) is 0 Å². The molecule has 0 bridgehead atoms. The molecule has 0 unspecified atom stereocenters. The summed E-state index contributed by atoms with van der Waals surface area (Å²) in [5, 5.41) is 3.34. The van der Waals surface area contributed by atoms with Crippen LogP contribution in [0.4, 0.5) is 0 Å². The molecule has 0 amide bonds. The molecule has 3 nitrogen and oxygen atoms in total. The van der Waals surface area contributed by atoms with Gasteiger partial charge in [0.25, 0.3) is 0 Å². The van der Waals surface area contributed by atoms with Gasteiger partial charge in [0.2, 0.25) is 0 Å². The molecule has 0 saturated carbocycles. The van der Waals surface area contributed by atoms with Crippen molar-refractivity contribution in [2.24, 2.45) is 0 Å². The Morgan fingerprint density at radius 1 is 1.29 bits per heavy atom. The molecule has 0 radical (unpaired) electrons. The lowest BCUT2D eigenvalue weighted by Gasteiger charge is -2.16. The number of methoxy groups -OCH3 is 1. The maximum atomic E-state index is 4.95. The van der Waals surface area contributed by atoms with Crippen LogP contribution in [0.25, 0.3) is 0 Å². The number of ether oxygens (including phenoxy) is 1. The fraction of sp³-hybridized carbons (Fsp3) is 1.00. The summed E-state index contributed by atoms with van der Waals surface area (Å²) in [4.78, 5) is 2.37. The number of nitrogens with zero attached hydrogens (tertiary/aromatic N) is 1. The van der Waals surface area contributed by atoms with Gasteiger partial charge in [0.15, 0.2) is 0 Å². The summed E-state index contributed by atoms with van der Waals surface area (Å²) in [6.07, 6.45) is 3.45. The van der Waals surface area contributed by atoms with Gasteiger partial charge in [0.05, 0.1) is 6.61 Å². The van der Waals surface area contributed by atoms with Gasteiger partial charge in [0.1, 0.15) is 0 Å². The Morgan fingerprint density at radius 3 is 2.71 bits per heavy atom. The van der Waals surface area contributed by atoms with E-state index in [1.165, 1.54) is 18.7 Å². The predicted octanol–water partition coefficient (Wildman–Crippen LogP) is 0.907. The van der Waals surface area contributed by atoms with Crippen molar-refractivity contribution < 1.29 is 4.74 Å². The molecule has 0 heterocycles. The van der Waals surface area contributed by atoms with Gasteiger partial charge < -0.3 is 15.0 Å². The van der Waals surface area contributed by atoms with Gasteiger partial charge in [-0.15, -0.1) is 0 Å². The van der Waals surface area contributed by atoms with Crippen LogP contribution < -0.4 is 5.32 Å². The smallest absolute Gasteiger partial charge is 0.0587 e. The lowest BCUT2D eigenvalue weighted by Crippen LogP contribution is -2.31. The third-order valence-electron chi connectivity index (χ3n) is 2.04. The summed E-state index contributed by atoms with van der Waals surface area (Å²) in [5.41, 5.74) is 0. The SMILES string of the molecule is COCCNCCN(C)CCCSC. The average Bonchev–Trinajstić information content (AvgIpc) is 2.18. The predicted molar refractivity (Wildman–Crippen MR) is 65.2 cm³/mol.